The predicted molar refractivity (Wildman–Crippen MR) is 56.8 cm³/mol. The third-order valence-corrected chi connectivity index (χ3v) is 2.89. The van der Waals surface area contributed by atoms with E-state index in [9.17, 15) is 0 Å². The van der Waals surface area contributed by atoms with Crippen molar-refractivity contribution in [2.75, 3.05) is 0 Å². The number of halogens is 2. The zero-order valence-corrected chi connectivity index (χ0v) is 9.20. The quantitative estimate of drug-likeness (QED) is 0.682. The van der Waals surface area contributed by atoms with E-state index < -0.39 is 0 Å². The Labute approximate surface area is 86.1 Å². The summed E-state index contributed by atoms with van der Waals surface area (Å²) in [5.41, 5.74) is 2.15. The zero-order chi connectivity index (χ0) is 7.84. The van der Waals surface area contributed by atoms with Gasteiger partial charge in [0.1, 0.15) is 6.33 Å². The minimum atomic E-state index is 1.02. The number of fused-ring (bicyclic) bond motifs is 1. The number of rotatable bonds is 0. The molecule has 0 aliphatic carbocycles. The number of imidazole rings is 1. The van der Waals surface area contributed by atoms with Crippen LogP contribution in [-0.4, -0.2) is 8.58 Å². The minimum absolute atomic E-state index is 1.02. The van der Waals surface area contributed by atoms with Crippen molar-refractivity contribution < 1.29 is 0 Å². The second kappa shape index (κ2) is 2.75. The maximum absolute atomic E-state index is 4.19. The average molecular weight is 323 g/mol. The van der Waals surface area contributed by atoms with Gasteiger partial charge in [-0.3, -0.25) is 3.59 Å². The van der Waals surface area contributed by atoms with Gasteiger partial charge in [-0.25, -0.2) is 4.98 Å². The Balaban J connectivity index is 2.96. The number of benzene rings is 1. The maximum Gasteiger partial charge on any atom is 0.106 e. The Kier molecular flexibility index (Phi) is 1.88. The fraction of sp³-hybridized carbons (Fsp3) is 0. The summed E-state index contributed by atoms with van der Waals surface area (Å²) in [5, 5.41) is 0. The van der Waals surface area contributed by atoms with Gasteiger partial charge in [0.05, 0.1) is 27.2 Å². The highest BCUT2D eigenvalue weighted by Crippen LogP contribution is 2.20. The molecular formula is C7H4BrIN2. The normalized spacial score (nSPS) is 10.7. The van der Waals surface area contributed by atoms with Crippen LogP contribution in [0.2, 0.25) is 0 Å². The minimum Gasteiger partial charge on any atom is -0.264 e. The molecule has 0 aliphatic heterocycles. The van der Waals surface area contributed by atoms with Crippen molar-refractivity contribution in [2.24, 2.45) is 0 Å². The van der Waals surface area contributed by atoms with Gasteiger partial charge >= 0.3 is 0 Å². The van der Waals surface area contributed by atoms with Gasteiger partial charge in [0.25, 0.3) is 0 Å². The summed E-state index contributed by atoms with van der Waals surface area (Å²) >= 11 is 5.66. The van der Waals surface area contributed by atoms with Gasteiger partial charge in [0.2, 0.25) is 0 Å². The number of para-hydroxylation sites is 1. The zero-order valence-electron chi connectivity index (χ0n) is 5.46. The van der Waals surface area contributed by atoms with Gasteiger partial charge in [0, 0.05) is 3.57 Å². The van der Waals surface area contributed by atoms with E-state index in [0.717, 1.165) is 11.0 Å². The van der Waals surface area contributed by atoms with Crippen molar-refractivity contribution in [2.45, 2.75) is 0 Å². The monoisotopic (exact) mass is 322 g/mol. The van der Waals surface area contributed by atoms with E-state index in [1.54, 1.807) is 6.33 Å². The molecule has 4 heteroatoms. The molecule has 0 fully saturated rings. The molecule has 0 amide bonds. The van der Waals surface area contributed by atoms with E-state index in [4.69, 9.17) is 0 Å². The highest BCUT2D eigenvalue weighted by Gasteiger charge is 2.02. The van der Waals surface area contributed by atoms with Crippen LogP contribution in [0.25, 0.3) is 11.0 Å². The average Bonchev–Trinajstić information content (AvgIpc) is 2.34. The smallest absolute Gasteiger partial charge is 0.106 e. The van der Waals surface area contributed by atoms with Crippen LogP contribution >= 0.6 is 38.7 Å². The Morgan fingerprint density at radius 2 is 2.27 bits per heavy atom. The summed E-state index contributed by atoms with van der Waals surface area (Å²) in [6, 6.07) is 6.06. The van der Waals surface area contributed by atoms with Crippen LogP contribution in [0.4, 0.5) is 0 Å². The lowest BCUT2D eigenvalue weighted by Gasteiger charge is -1.93. The fourth-order valence-corrected chi connectivity index (χ4v) is 2.53. The number of aromatic nitrogens is 2. The Morgan fingerprint density at radius 3 is 3.00 bits per heavy atom. The molecule has 1 aromatic heterocycles. The molecular weight excluding hydrogens is 319 g/mol. The van der Waals surface area contributed by atoms with E-state index >= 15 is 0 Å². The lowest BCUT2D eigenvalue weighted by atomic mass is 10.3. The first-order valence-electron chi connectivity index (χ1n) is 3.07. The van der Waals surface area contributed by atoms with Crippen LogP contribution in [0.3, 0.4) is 0 Å². The number of hydrogen-bond acceptors (Lipinski definition) is 1. The standard InChI is InChI=1S/C7H4BrIN2/c8-11-4-10-6-3-1-2-5(9)7(6)11/h1-4H. The van der Waals surface area contributed by atoms with Crippen molar-refractivity contribution in [3.8, 4) is 0 Å². The van der Waals surface area contributed by atoms with Gasteiger partial charge in [-0.1, -0.05) is 6.07 Å². The molecule has 1 aromatic carbocycles. The van der Waals surface area contributed by atoms with E-state index in [1.807, 2.05) is 15.7 Å². The lowest BCUT2D eigenvalue weighted by Crippen LogP contribution is -1.79. The molecule has 0 radical (unpaired) electrons. The Hall–Kier alpha value is -0.100. The Morgan fingerprint density at radius 1 is 1.45 bits per heavy atom. The first-order chi connectivity index (χ1) is 5.29. The van der Waals surface area contributed by atoms with Crippen LogP contribution in [0, 0.1) is 3.57 Å². The third kappa shape index (κ3) is 1.18. The third-order valence-electron chi connectivity index (χ3n) is 1.48. The van der Waals surface area contributed by atoms with Crippen molar-refractivity contribution in [3.63, 3.8) is 0 Å². The Bertz CT molecular complexity index is 396. The van der Waals surface area contributed by atoms with Gasteiger partial charge in [-0.2, -0.15) is 0 Å². The molecule has 2 nitrogen and oxygen atoms in total. The molecule has 1 heterocycles. The molecule has 0 saturated heterocycles. The second-order valence-electron chi connectivity index (χ2n) is 2.16. The van der Waals surface area contributed by atoms with Crippen molar-refractivity contribution >= 4 is 49.8 Å². The summed E-state index contributed by atoms with van der Waals surface area (Å²) in [7, 11) is 0. The summed E-state index contributed by atoms with van der Waals surface area (Å²) in [5.74, 6) is 0. The van der Waals surface area contributed by atoms with E-state index in [-0.39, 0.29) is 0 Å². The van der Waals surface area contributed by atoms with Crippen molar-refractivity contribution in [1.29, 1.82) is 0 Å². The number of hydrogen-bond donors (Lipinski definition) is 0. The first-order valence-corrected chi connectivity index (χ1v) is 4.85. The lowest BCUT2D eigenvalue weighted by molar-refractivity contribution is 1.29. The highest BCUT2D eigenvalue weighted by atomic mass is 127. The van der Waals surface area contributed by atoms with Crippen molar-refractivity contribution in [1.82, 2.24) is 8.58 Å². The topological polar surface area (TPSA) is 17.8 Å². The molecule has 0 bridgehead atoms. The van der Waals surface area contributed by atoms with Crippen LogP contribution < -0.4 is 0 Å². The maximum atomic E-state index is 4.19. The van der Waals surface area contributed by atoms with Gasteiger partial charge in [-0.15, -0.1) is 0 Å². The summed E-state index contributed by atoms with van der Waals surface area (Å²) < 4.78 is 3.05. The first kappa shape index (κ1) is 7.54. The SMILES string of the molecule is Brn1cnc2cccc(I)c21. The molecule has 56 valence electrons. The second-order valence-corrected chi connectivity index (χ2v) is 4.09. The molecule has 2 rings (SSSR count). The molecule has 0 atom stereocenters. The van der Waals surface area contributed by atoms with Gasteiger partial charge in [0.15, 0.2) is 0 Å². The molecule has 0 aliphatic rings. The predicted octanol–water partition coefficient (Wildman–Crippen LogP) is 2.80. The molecule has 0 saturated carbocycles. The molecule has 0 unspecified atom stereocenters. The number of nitrogens with zero attached hydrogens (tertiary/aromatic N) is 2. The molecule has 0 spiro atoms. The largest absolute Gasteiger partial charge is 0.264 e. The molecule has 11 heavy (non-hydrogen) atoms. The summed E-state index contributed by atoms with van der Waals surface area (Å²) in [4.78, 5) is 4.19. The van der Waals surface area contributed by atoms with Crippen LogP contribution in [0.5, 0.6) is 0 Å². The fourth-order valence-electron chi connectivity index (χ4n) is 0.990. The highest BCUT2D eigenvalue weighted by molar-refractivity contribution is 14.1. The summed E-state index contributed by atoms with van der Waals surface area (Å²) in [6.07, 6.45) is 1.76. The van der Waals surface area contributed by atoms with E-state index in [1.165, 1.54) is 3.57 Å². The van der Waals surface area contributed by atoms with Crippen LogP contribution in [-0.2, 0) is 0 Å². The molecule has 2 aromatic rings. The van der Waals surface area contributed by atoms with Crippen LogP contribution in [0.15, 0.2) is 24.5 Å². The van der Waals surface area contributed by atoms with Crippen molar-refractivity contribution in [3.05, 3.63) is 28.1 Å². The summed E-state index contributed by atoms with van der Waals surface area (Å²) in [6.45, 7) is 0. The van der Waals surface area contributed by atoms with E-state index in [2.05, 4.69) is 49.8 Å². The van der Waals surface area contributed by atoms with E-state index in [0.29, 0.717) is 0 Å². The van der Waals surface area contributed by atoms with Gasteiger partial charge < -0.3 is 0 Å². The molecule has 0 N–H and O–H groups in total. The van der Waals surface area contributed by atoms with Crippen LogP contribution in [0.1, 0.15) is 0 Å². The van der Waals surface area contributed by atoms with Gasteiger partial charge in [-0.05, 0) is 34.7 Å².